The minimum Gasteiger partial charge on any atom is -0.497 e. The molecule has 0 spiro atoms. The molecule has 63 heavy (non-hydrogen) atoms. The zero-order chi connectivity index (χ0) is 45.7. The number of alkyl halides is 3. The highest BCUT2D eigenvalue weighted by atomic mass is 32.2. The van der Waals surface area contributed by atoms with E-state index in [-0.39, 0.29) is 25.3 Å². The molecule has 1 aromatic carbocycles. The molecule has 3 N–H and O–H groups in total. The number of nitrogens with one attached hydrogen (secondary N) is 3. The second-order valence-electron chi connectivity index (χ2n) is 18.0. The molecule has 7 rings (SSSR count). The van der Waals surface area contributed by atoms with Crippen LogP contribution in [0.3, 0.4) is 0 Å². The van der Waals surface area contributed by atoms with E-state index in [1.165, 1.54) is 18.9 Å². The van der Waals surface area contributed by atoms with Gasteiger partial charge in [0.05, 0.1) is 23.9 Å². The van der Waals surface area contributed by atoms with Gasteiger partial charge in [-0.25, -0.2) is 23.2 Å². The number of hydrogen-bond acceptors (Lipinski definition) is 11. The predicted octanol–water partition coefficient (Wildman–Crippen LogP) is 5.49. The number of carbonyl (C=O) groups is 4. The van der Waals surface area contributed by atoms with E-state index in [1.54, 1.807) is 60.6 Å². The SMILES string of the molecule is CC[C@@H]1C[C@H](C)CC/C=C\[C@@H]2C[C@@]2(C(=O)NS(=O)(=O)C2(C)CC2)NC(=O)[C@@H]2C[C@@H](Oc3cc(-n4ccnc4)nc4cc(OC)ccc34)CN2C(=O)[C@H]1NC(=O)OC(C)(C)C(F)(F)F. The Kier molecular flexibility index (Phi) is 12.3. The minimum atomic E-state index is -4.93. The number of rotatable bonds is 10. The summed E-state index contributed by atoms with van der Waals surface area (Å²) in [5, 5.41) is 5.85. The highest BCUT2D eigenvalue weighted by Gasteiger charge is 2.63. The summed E-state index contributed by atoms with van der Waals surface area (Å²) in [6.45, 7) is 6.47. The molecule has 0 unspecified atom stereocenters. The van der Waals surface area contributed by atoms with Gasteiger partial charge >= 0.3 is 12.3 Å². The van der Waals surface area contributed by atoms with Gasteiger partial charge in [0, 0.05) is 42.3 Å². The number of allylic oxidation sites excluding steroid dienone is 1. The molecule has 2 aromatic heterocycles. The Labute approximate surface area is 363 Å². The van der Waals surface area contributed by atoms with E-state index < -0.39 is 85.9 Å². The number of alkyl carbamates (subject to hydrolysis) is 1. The molecular formula is C43H54F3N7O9S. The van der Waals surface area contributed by atoms with Gasteiger partial charge in [-0.2, -0.15) is 13.2 Å². The van der Waals surface area contributed by atoms with Crippen LogP contribution in [0.4, 0.5) is 18.0 Å². The van der Waals surface area contributed by atoms with Crippen LogP contribution in [0, 0.1) is 17.8 Å². The molecule has 4 heterocycles. The maximum Gasteiger partial charge on any atom is 0.427 e. The molecular weight excluding hydrogens is 848 g/mol. The second-order valence-corrected chi connectivity index (χ2v) is 20.2. The normalized spacial score (nSPS) is 28.0. The number of fused-ring (bicyclic) bond motifs is 3. The number of sulfonamides is 1. The Morgan fingerprint density at radius 3 is 2.51 bits per heavy atom. The maximum absolute atomic E-state index is 15.1. The summed E-state index contributed by atoms with van der Waals surface area (Å²) in [4.78, 5) is 67.3. The molecule has 0 bridgehead atoms. The maximum atomic E-state index is 15.1. The molecule has 16 nitrogen and oxygen atoms in total. The molecule has 4 aliphatic rings. The van der Waals surface area contributed by atoms with Gasteiger partial charge in [-0.05, 0) is 83.3 Å². The van der Waals surface area contributed by atoms with Crippen molar-refractivity contribution in [3.05, 3.63) is 55.1 Å². The summed E-state index contributed by atoms with van der Waals surface area (Å²) in [7, 11) is -2.58. The summed E-state index contributed by atoms with van der Waals surface area (Å²) in [6, 6.07) is 4.07. The molecule has 2 aliphatic heterocycles. The van der Waals surface area contributed by atoms with Gasteiger partial charge in [0.25, 0.3) is 5.91 Å². The van der Waals surface area contributed by atoms with Crippen molar-refractivity contribution in [1.82, 2.24) is 34.8 Å². The Balaban J connectivity index is 1.27. The van der Waals surface area contributed by atoms with Crippen molar-refractivity contribution in [1.29, 1.82) is 0 Å². The third-order valence-corrected chi connectivity index (χ3v) is 15.1. The molecule has 7 atom stereocenters. The van der Waals surface area contributed by atoms with Crippen LogP contribution < -0.4 is 24.8 Å². The van der Waals surface area contributed by atoms with E-state index in [4.69, 9.17) is 19.2 Å². The molecule has 0 radical (unpaired) electrons. The molecule has 20 heteroatoms. The fourth-order valence-corrected chi connectivity index (χ4v) is 9.67. The van der Waals surface area contributed by atoms with E-state index in [0.29, 0.717) is 80.6 Å². The number of nitrogens with zero attached hydrogens (tertiary/aromatic N) is 4. The van der Waals surface area contributed by atoms with E-state index in [1.807, 2.05) is 13.0 Å². The van der Waals surface area contributed by atoms with E-state index in [2.05, 4.69) is 20.3 Å². The highest BCUT2D eigenvalue weighted by Crippen LogP contribution is 2.48. The largest absolute Gasteiger partial charge is 0.497 e. The number of pyridine rings is 1. The summed E-state index contributed by atoms with van der Waals surface area (Å²) >= 11 is 0. The number of amides is 4. The van der Waals surface area contributed by atoms with Gasteiger partial charge in [0.15, 0.2) is 0 Å². The zero-order valence-corrected chi connectivity index (χ0v) is 36.8. The van der Waals surface area contributed by atoms with Crippen molar-refractivity contribution < 1.29 is 55.0 Å². The summed E-state index contributed by atoms with van der Waals surface area (Å²) in [5.41, 5.74) is -4.07. The Morgan fingerprint density at radius 1 is 1.11 bits per heavy atom. The first kappa shape index (κ1) is 45.6. The molecule has 1 saturated heterocycles. The van der Waals surface area contributed by atoms with Gasteiger partial charge in [0.1, 0.15) is 47.4 Å². The van der Waals surface area contributed by atoms with Crippen LogP contribution in [0.2, 0.25) is 0 Å². The van der Waals surface area contributed by atoms with Crippen molar-refractivity contribution in [3.63, 3.8) is 0 Å². The number of carbonyl (C=O) groups excluding carboxylic acids is 4. The molecule has 342 valence electrons. The lowest BCUT2D eigenvalue weighted by Crippen LogP contribution is -2.60. The van der Waals surface area contributed by atoms with Crippen LogP contribution >= 0.6 is 0 Å². The number of halogens is 3. The average Bonchev–Trinajstić information content (AvgIpc) is 3.97. The molecule has 4 amide bonds. The quantitative estimate of drug-likeness (QED) is 0.218. The van der Waals surface area contributed by atoms with Crippen LogP contribution in [-0.2, 0) is 29.1 Å². The smallest absolute Gasteiger partial charge is 0.427 e. The topological polar surface area (TPSA) is 200 Å². The van der Waals surface area contributed by atoms with Gasteiger partial charge in [-0.3, -0.25) is 23.7 Å². The number of ether oxygens (including phenoxy) is 3. The Morgan fingerprint density at radius 2 is 1.86 bits per heavy atom. The van der Waals surface area contributed by atoms with E-state index >= 15 is 4.79 Å². The van der Waals surface area contributed by atoms with Crippen LogP contribution in [-0.4, -0.2) is 106 Å². The summed E-state index contributed by atoms with van der Waals surface area (Å²) < 4.78 is 88.0. The lowest BCUT2D eigenvalue weighted by atomic mass is 9.85. The van der Waals surface area contributed by atoms with E-state index in [0.717, 1.165) is 0 Å². The third-order valence-electron chi connectivity index (χ3n) is 12.9. The van der Waals surface area contributed by atoms with Gasteiger partial charge in [-0.15, -0.1) is 0 Å². The summed E-state index contributed by atoms with van der Waals surface area (Å²) in [5.74, 6) is -2.37. The van der Waals surface area contributed by atoms with Crippen LogP contribution in [0.1, 0.15) is 86.0 Å². The average molecular weight is 902 g/mol. The van der Waals surface area contributed by atoms with E-state index in [9.17, 15) is 36.0 Å². The molecule has 3 fully saturated rings. The standard InChI is InChI=1S/C43H54F3N7O9S/c1-7-26-18-25(2)10-8-9-11-27-22-42(27,38(56)51-63(58,59)41(5)14-15-41)50-36(54)32-20-29(23-53(32)37(55)35(26)49-39(57)62-40(3,4)43(44,45)46)61-33-21-34(52-17-16-47-24-52)48-31-19-28(60-6)12-13-30(31)33/h9,11-13,16-17,19,21,24-27,29,32,35H,7-8,10,14-15,18,20,22-23H2,1-6H3,(H,49,57)(H,50,54)(H,51,56)/b11-9-/t25-,26-,27-,29-,32+,35+,42-/m1/s1. The van der Waals surface area contributed by atoms with Crippen molar-refractivity contribution in [2.75, 3.05) is 13.7 Å². The van der Waals surface area contributed by atoms with Crippen molar-refractivity contribution in [2.24, 2.45) is 17.8 Å². The van der Waals surface area contributed by atoms with Gasteiger partial charge in [0.2, 0.25) is 27.4 Å². The first-order valence-corrected chi connectivity index (χ1v) is 22.6. The Hall–Kier alpha value is -5.40. The zero-order valence-electron chi connectivity index (χ0n) is 36.0. The predicted molar refractivity (Wildman–Crippen MR) is 223 cm³/mol. The first-order chi connectivity index (χ1) is 29.6. The van der Waals surface area contributed by atoms with Crippen LogP contribution in [0.25, 0.3) is 16.7 Å². The van der Waals surface area contributed by atoms with Crippen LogP contribution in [0.5, 0.6) is 11.5 Å². The second kappa shape index (κ2) is 17.0. The summed E-state index contributed by atoms with van der Waals surface area (Å²) in [6.07, 6.45) is 3.76. The van der Waals surface area contributed by atoms with Gasteiger partial charge < -0.3 is 29.7 Å². The van der Waals surface area contributed by atoms with Crippen LogP contribution in [0.15, 0.2) is 55.1 Å². The first-order valence-electron chi connectivity index (χ1n) is 21.2. The minimum absolute atomic E-state index is 0.0466. The Bertz CT molecular complexity index is 2390. The number of imidazole rings is 1. The number of hydrogen-bond donors (Lipinski definition) is 3. The van der Waals surface area contributed by atoms with Crippen molar-refractivity contribution >= 4 is 44.7 Å². The highest BCUT2D eigenvalue weighted by molar-refractivity contribution is 7.91. The number of aromatic nitrogens is 3. The third kappa shape index (κ3) is 9.31. The number of methoxy groups -OCH3 is 1. The molecule has 3 aromatic rings. The fourth-order valence-electron chi connectivity index (χ4n) is 8.36. The molecule has 2 aliphatic carbocycles. The van der Waals surface area contributed by atoms with Crippen molar-refractivity contribution in [3.8, 4) is 17.3 Å². The monoisotopic (exact) mass is 901 g/mol. The van der Waals surface area contributed by atoms with Gasteiger partial charge in [-0.1, -0.05) is 32.4 Å². The number of benzene rings is 1. The fraction of sp³-hybridized carbons (Fsp3) is 0.581. The van der Waals surface area contributed by atoms with Crippen molar-refractivity contribution in [2.45, 2.75) is 126 Å². The molecule has 2 saturated carbocycles. The lowest BCUT2D eigenvalue weighted by molar-refractivity contribution is -0.244. The lowest BCUT2D eigenvalue weighted by Gasteiger charge is -2.35.